The lowest BCUT2D eigenvalue weighted by Gasteiger charge is -2.07. The predicted octanol–water partition coefficient (Wildman–Crippen LogP) is 1.48. The third kappa shape index (κ3) is 4.78. The summed E-state index contributed by atoms with van der Waals surface area (Å²) in [4.78, 5) is 7.43. The van der Waals surface area contributed by atoms with E-state index in [0.29, 0.717) is 5.82 Å². The Morgan fingerprint density at radius 2 is 2.12 bits per heavy atom. The molecule has 0 saturated carbocycles. The van der Waals surface area contributed by atoms with Crippen molar-refractivity contribution in [2.24, 2.45) is 5.84 Å². The van der Waals surface area contributed by atoms with Crippen molar-refractivity contribution in [2.75, 3.05) is 12.0 Å². The topological polar surface area (TPSA) is 73.1 Å². The van der Waals surface area contributed by atoms with E-state index in [4.69, 9.17) is 10.6 Å². The van der Waals surface area contributed by atoms with Crippen molar-refractivity contribution < 1.29 is 17.9 Å². The second kappa shape index (κ2) is 5.50. The van der Waals surface area contributed by atoms with Crippen molar-refractivity contribution in [1.29, 1.82) is 0 Å². The van der Waals surface area contributed by atoms with Crippen LogP contribution in [0.5, 0.6) is 5.88 Å². The lowest BCUT2D eigenvalue weighted by molar-refractivity contribution is -0.136. The van der Waals surface area contributed by atoms with Gasteiger partial charge in [0, 0.05) is 12.5 Å². The number of nitrogens with zero attached hydrogens (tertiary/aromatic N) is 2. The Morgan fingerprint density at radius 3 is 2.75 bits per heavy atom. The molecule has 8 heteroatoms. The number of hydrogen-bond donors (Lipinski definition) is 2. The van der Waals surface area contributed by atoms with Crippen LogP contribution in [0.2, 0.25) is 0 Å². The third-order valence-electron chi connectivity index (χ3n) is 1.64. The molecular weight excluding hydrogens is 225 g/mol. The molecule has 0 amide bonds. The van der Waals surface area contributed by atoms with Gasteiger partial charge in [-0.2, -0.15) is 13.2 Å². The van der Waals surface area contributed by atoms with E-state index < -0.39 is 12.6 Å². The van der Waals surface area contributed by atoms with Crippen LogP contribution in [0.25, 0.3) is 0 Å². The van der Waals surface area contributed by atoms with E-state index in [2.05, 4.69) is 15.4 Å². The molecule has 0 unspecified atom stereocenters. The molecule has 5 nitrogen and oxygen atoms in total. The summed E-state index contributed by atoms with van der Waals surface area (Å²) in [5.74, 6) is 5.61. The van der Waals surface area contributed by atoms with Gasteiger partial charge in [-0.05, 0) is 6.42 Å². The van der Waals surface area contributed by atoms with E-state index >= 15 is 0 Å². The zero-order valence-corrected chi connectivity index (χ0v) is 8.29. The molecule has 1 aromatic heterocycles. The first-order chi connectivity index (χ1) is 7.51. The molecule has 0 aliphatic rings. The molecule has 0 aromatic carbocycles. The number of ether oxygens (including phenoxy) is 1. The third-order valence-corrected chi connectivity index (χ3v) is 1.64. The van der Waals surface area contributed by atoms with Gasteiger partial charge in [0.05, 0.1) is 6.61 Å². The highest BCUT2D eigenvalue weighted by molar-refractivity contribution is 5.35. The fourth-order valence-electron chi connectivity index (χ4n) is 0.947. The van der Waals surface area contributed by atoms with Gasteiger partial charge in [-0.1, -0.05) is 0 Å². The molecule has 0 atom stereocenters. The minimum atomic E-state index is -4.15. The van der Waals surface area contributed by atoms with Gasteiger partial charge in [0.15, 0.2) is 0 Å². The maximum atomic E-state index is 11.8. The minimum absolute atomic E-state index is 0.0550. The Balaban J connectivity index is 2.32. The van der Waals surface area contributed by atoms with Crippen LogP contribution in [-0.2, 0) is 0 Å². The summed E-state index contributed by atoms with van der Waals surface area (Å²) in [6, 6.07) is 1.40. The molecule has 1 rings (SSSR count). The highest BCUT2D eigenvalue weighted by Crippen LogP contribution is 2.21. The lowest BCUT2D eigenvalue weighted by Crippen LogP contribution is -2.11. The average molecular weight is 236 g/mol. The summed E-state index contributed by atoms with van der Waals surface area (Å²) < 4.78 is 40.4. The van der Waals surface area contributed by atoms with E-state index in [0.717, 1.165) is 0 Å². The summed E-state index contributed by atoms with van der Waals surface area (Å²) >= 11 is 0. The molecule has 0 bridgehead atoms. The molecule has 0 saturated heterocycles. The van der Waals surface area contributed by atoms with Crippen LogP contribution in [0.15, 0.2) is 12.4 Å². The number of hydrogen-bond acceptors (Lipinski definition) is 5. The van der Waals surface area contributed by atoms with Crippen molar-refractivity contribution in [3.8, 4) is 5.88 Å². The fourth-order valence-corrected chi connectivity index (χ4v) is 0.947. The van der Waals surface area contributed by atoms with Crippen LogP contribution in [0, 0.1) is 0 Å². The van der Waals surface area contributed by atoms with Gasteiger partial charge in [-0.25, -0.2) is 15.8 Å². The van der Waals surface area contributed by atoms with Gasteiger partial charge < -0.3 is 10.2 Å². The van der Waals surface area contributed by atoms with E-state index in [-0.39, 0.29) is 18.9 Å². The number of nitrogen functional groups attached to an aromatic ring is 1. The normalized spacial score (nSPS) is 11.2. The average Bonchev–Trinajstić information content (AvgIpc) is 2.23. The van der Waals surface area contributed by atoms with Crippen molar-refractivity contribution in [1.82, 2.24) is 9.97 Å². The van der Waals surface area contributed by atoms with Crippen molar-refractivity contribution in [3.05, 3.63) is 12.4 Å². The van der Waals surface area contributed by atoms with Crippen LogP contribution in [-0.4, -0.2) is 22.8 Å². The summed E-state index contributed by atoms with van der Waals surface area (Å²) in [5.41, 5.74) is 2.27. The lowest BCUT2D eigenvalue weighted by atomic mass is 10.3. The largest absolute Gasteiger partial charge is 0.478 e. The number of anilines is 1. The quantitative estimate of drug-likeness (QED) is 0.460. The Kier molecular flexibility index (Phi) is 4.29. The molecule has 0 fully saturated rings. The maximum Gasteiger partial charge on any atom is 0.389 e. The monoisotopic (exact) mass is 236 g/mol. The van der Waals surface area contributed by atoms with Crippen molar-refractivity contribution in [3.63, 3.8) is 0 Å². The molecule has 0 spiro atoms. The molecule has 0 radical (unpaired) electrons. The zero-order chi connectivity index (χ0) is 12.0. The standard InChI is InChI=1S/C8H11F3N4O/c9-8(10,11)2-1-3-16-7-4-6(15-12)13-5-14-7/h4-5H,1-3,12H2,(H,13,14,15). The number of rotatable bonds is 5. The molecule has 0 aliphatic carbocycles. The predicted molar refractivity (Wildman–Crippen MR) is 50.6 cm³/mol. The molecule has 1 aromatic rings. The van der Waals surface area contributed by atoms with Crippen molar-refractivity contribution >= 4 is 5.82 Å². The Labute approximate surface area is 89.8 Å². The van der Waals surface area contributed by atoms with E-state index in [1.807, 2.05) is 0 Å². The van der Waals surface area contributed by atoms with Crippen LogP contribution in [0.4, 0.5) is 19.0 Å². The number of nitrogens with two attached hydrogens (primary N) is 1. The smallest absolute Gasteiger partial charge is 0.389 e. The molecule has 0 aliphatic heterocycles. The van der Waals surface area contributed by atoms with Gasteiger partial charge in [0.25, 0.3) is 0 Å². The van der Waals surface area contributed by atoms with Crippen LogP contribution < -0.4 is 16.0 Å². The Morgan fingerprint density at radius 1 is 1.38 bits per heavy atom. The van der Waals surface area contributed by atoms with Crippen LogP contribution in [0.1, 0.15) is 12.8 Å². The highest BCUT2D eigenvalue weighted by Gasteiger charge is 2.26. The number of aromatic nitrogens is 2. The van der Waals surface area contributed by atoms with Gasteiger partial charge in [-0.15, -0.1) is 0 Å². The van der Waals surface area contributed by atoms with Crippen LogP contribution >= 0.6 is 0 Å². The van der Waals surface area contributed by atoms with Gasteiger partial charge in [-0.3, -0.25) is 0 Å². The van der Waals surface area contributed by atoms with E-state index in [1.54, 1.807) is 0 Å². The summed E-state index contributed by atoms with van der Waals surface area (Å²) in [6.07, 6.45) is -3.94. The number of nitrogens with one attached hydrogen (secondary N) is 1. The SMILES string of the molecule is NNc1cc(OCCCC(F)(F)F)ncn1. The molecule has 16 heavy (non-hydrogen) atoms. The molecule has 3 N–H and O–H groups in total. The molecular formula is C8H11F3N4O. The molecule has 90 valence electrons. The Hall–Kier alpha value is -1.57. The molecule has 1 heterocycles. The number of hydrazine groups is 1. The first-order valence-electron chi connectivity index (χ1n) is 4.49. The second-order valence-corrected chi connectivity index (χ2v) is 2.95. The zero-order valence-electron chi connectivity index (χ0n) is 8.29. The van der Waals surface area contributed by atoms with Crippen molar-refractivity contribution in [2.45, 2.75) is 19.0 Å². The second-order valence-electron chi connectivity index (χ2n) is 2.95. The van der Waals surface area contributed by atoms with E-state index in [1.165, 1.54) is 12.4 Å². The number of alkyl halides is 3. The number of halogens is 3. The first kappa shape index (κ1) is 12.5. The Bertz CT molecular complexity index is 331. The van der Waals surface area contributed by atoms with E-state index in [9.17, 15) is 13.2 Å². The van der Waals surface area contributed by atoms with Crippen LogP contribution in [0.3, 0.4) is 0 Å². The summed E-state index contributed by atoms with van der Waals surface area (Å²) in [6.45, 7) is -0.0550. The summed E-state index contributed by atoms with van der Waals surface area (Å²) in [5, 5.41) is 0. The fraction of sp³-hybridized carbons (Fsp3) is 0.500. The first-order valence-corrected chi connectivity index (χ1v) is 4.49. The van der Waals surface area contributed by atoms with Gasteiger partial charge >= 0.3 is 6.18 Å². The summed E-state index contributed by atoms with van der Waals surface area (Å²) in [7, 11) is 0. The minimum Gasteiger partial charge on any atom is -0.478 e. The van der Waals surface area contributed by atoms with Gasteiger partial charge in [0.1, 0.15) is 12.1 Å². The highest BCUT2D eigenvalue weighted by atomic mass is 19.4. The maximum absolute atomic E-state index is 11.8. The van der Waals surface area contributed by atoms with Gasteiger partial charge in [0.2, 0.25) is 5.88 Å².